The van der Waals surface area contributed by atoms with E-state index in [1.807, 2.05) is 0 Å². The molecule has 2 heteroatoms. The number of rotatable bonds is 2. The van der Waals surface area contributed by atoms with Gasteiger partial charge in [0.05, 0.1) is 6.04 Å². The van der Waals surface area contributed by atoms with Gasteiger partial charge in [0.25, 0.3) is 0 Å². The van der Waals surface area contributed by atoms with Crippen LogP contribution in [-0.4, -0.2) is 17.4 Å². The van der Waals surface area contributed by atoms with Gasteiger partial charge in [-0.05, 0) is 38.2 Å². The van der Waals surface area contributed by atoms with Gasteiger partial charge in [0, 0.05) is 12.5 Å². The summed E-state index contributed by atoms with van der Waals surface area (Å²) in [5.41, 5.74) is 2.59. The average molecular weight is 229 g/mol. The van der Waals surface area contributed by atoms with Gasteiger partial charge in [-0.25, -0.2) is 0 Å². The number of amides is 1. The SMILES string of the molecule is Cc1ccc(C2CCCN2C(=O)C2CC2)cc1. The van der Waals surface area contributed by atoms with Crippen molar-refractivity contribution < 1.29 is 4.79 Å². The van der Waals surface area contributed by atoms with Gasteiger partial charge in [0.15, 0.2) is 0 Å². The van der Waals surface area contributed by atoms with Gasteiger partial charge < -0.3 is 4.90 Å². The highest BCUT2D eigenvalue weighted by Crippen LogP contribution is 2.38. The van der Waals surface area contributed by atoms with Crippen LogP contribution in [0, 0.1) is 12.8 Å². The van der Waals surface area contributed by atoms with Crippen LogP contribution in [0.3, 0.4) is 0 Å². The summed E-state index contributed by atoms with van der Waals surface area (Å²) in [6.45, 7) is 3.05. The summed E-state index contributed by atoms with van der Waals surface area (Å²) in [7, 11) is 0. The molecule has 1 aromatic carbocycles. The molecular formula is C15H19NO. The van der Waals surface area contributed by atoms with E-state index in [9.17, 15) is 4.79 Å². The third kappa shape index (κ3) is 2.08. The maximum Gasteiger partial charge on any atom is 0.226 e. The predicted octanol–water partition coefficient (Wildman–Crippen LogP) is 3.07. The van der Waals surface area contributed by atoms with Crippen molar-refractivity contribution in [1.82, 2.24) is 4.90 Å². The number of benzene rings is 1. The van der Waals surface area contributed by atoms with Gasteiger partial charge in [-0.2, -0.15) is 0 Å². The first kappa shape index (κ1) is 10.8. The first-order valence-electron chi connectivity index (χ1n) is 6.63. The summed E-state index contributed by atoms with van der Waals surface area (Å²) in [6.07, 6.45) is 4.49. The van der Waals surface area contributed by atoms with Gasteiger partial charge >= 0.3 is 0 Å². The van der Waals surface area contributed by atoms with Crippen LogP contribution in [0.4, 0.5) is 0 Å². The van der Waals surface area contributed by atoms with E-state index in [0.29, 0.717) is 17.9 Å². The minimum atomic E-state index is 0.337. The second-order valence-electron chi connectivity index (χ2n) is 5.37. The smallest absolute Gasteiger partial charge is 0.226 e. The van der Waals surface area contributed by atoms with E-state index in [0.717, 1.165) is 32.2 Å². The second kappa shape index (κ2) is 4.17. The Balaban J connectivity index is 1.81. The number of nitrogens with zero attached hydrogens (tertiary/aromatic N) is 1. The number of hydrogen-bond acceptors (Lipinski definition) is 1. The standard InChI is InChI=1S/C15H19NO/c1-11-4-6-12(7-5-11)14-3-2-10-16(14)15(17)13-8-9-13/h4-7,13-14H,2-3,8-10H2,1H3. The van der Waals surface area contributed by atoms with Crippen LogP contribution in [0.25, 0.3) is 0 Å². The van der Waals surface area contributed by atoms with Crippen LogP contribution in [-0.2, 0) is 4.79 Å². The van der Waals surface area contributed by atoms with Crippen molar-refractivity contribution in [3.8, 4) is 0 Å². The third-order valence-corrected chi connectivity index (χ3v) is 3.92. The molecule has 1 unspecified atom stereocenters. The molecule has 1 aliphatic carbocycles. The molecule has 1 aliphatic heterocycles. The molecule has 1 saturated heterocycles. The molecule has 0 spiro atoms. The maximum absolute atomic E-state index is 12.2. The van der Waals surface area contributed by atoms with Crippen LogP contribution in [0.5, 0.6) is 0 Å². The fraction of sp³-hybridized carbons (Fsp3) is 0.533. The quantitative estimate of drug-likeness (QED) is 0.763. The molecule has 2 nitrogen and oxygen atoms in total. The first-order valence-corrected chi connectivity index (χ1v) is 6.63. The number of carbonyl (C=O) groups is 1. The highest BCUT2D eigenvalue weighted by atomic mass is 16.2. The topological polar surface area (TPSA) is 20.3 Å². The Kier molecular flexibility index (Phi) is 2.65. The van der Waals surface area contributed by atoms with Gasteiger partial charge in [-0.1, -0.05) is 29.8 Å². The van der Waals surface area contributed by atoms with Crippen LogP contribution >= 0.6 is 0 Å². The zero-order valence-electron chi connectivity index (χ0n) is 10.4. The van der Waals surface area contributed by atoms with E-state index >= 15 is 0 Å². The molecule has 2 aliphatic rings. The summed E-state index contributed by atoms with van der Waals surface area (Å²) >= 11 is 0. The molecule has 2 fully saturated rings. The van der Waals surface area contributed by atoms with Crippen LogP contribution in [0.15, 0.2) is 24.3 Å². The normalized spacial score (nSPS) is 24.1. The Bertz CT molecular complexity index is 419. The van der Waals surface area contributed by atoms with Gasteiger partial charge in [-0.3, -0.25) is 4.79 Å². The Labute approximate surface area is 103 Å². The highest BCUT2D eigenvalue weighted by molar-refractivity contribution is 5.81. The van der Waals surface area contributed by atoms with E-state index in [-0.39, 0.29) is 0 Å². The molecule has 0 bridgehead atoms. The van der Waals surface area contributed by atoms with Crippen molar-refractivity contribution >= 4 is 5.91 Å². The molecule has 1 atom stereocenters. The van der Waals surface area contributed by atoms with E-state index in [2.05, 4.69) is 36.1 Å². The fourth-order valence-corrected chi connectivity index (χ4v) is 2.73. The molecular weight excluding hydrogens is 210 g/mol. The summed E-state index contributed by atoms with van der Waals surface area (Å²) in [6, 6.07) is 8.99. The van der Waals surface area contributed by atoms with Gasteiger partial charge in [0.2, 0.25) is 5.91 Å². The Hall–Kier alpha value is -1.31. The molecule has 17 heavy (non-hydrogen) atoms. The molecule has 0 aromatic heterocycles. The van der Waals surface area contributed by atoms with Crippen molar-refractivity contribution in [2.75, 3.05) is 6.54 Å². The van der Waals surface area contributed by atoms with E-state index in [1.165, 1.54) is 11.1 Å². The van der Waals surface area contributed by atoms with E-state index in [4.69, 9.17) is 0 Å². The molecule has 1 amide bonds. The second-order valence-corrected chi connectivity index (χ2v) is 5.37. The Morgan fingerprint density at radius 3 is 2.53 bits per heavy atom. The van der Waals surface area contributed by atoms with Crippen LogP contribution in [0.2, 0.25) is 0 Å². The predicted molar refractivity (Wildman–Crippen MR) is 67.6 cm³/mol. The maximum atomic E-state index is 12.2. The summed E-state index contributed by atoms with van der Waals surface area (Å²) in [4.78, 5) is 14.3. The molecule has 0 radical (unpaired) electrons. The number of hydrogen-bond donors (Lipinski definition) is 0. The van der Waals surface area contributed by atoms with Crippen molar-refractivity contribution in [1.29, 1.82) is 0 Å². The lowest BCUT2D eigenvalue weighted by Gasteiger charge is -2.25. The molecule has 1 aromatic rings. The lowest BCUT2D eigenvalue weighted by Crippen LogP contribution is -2.31. The van der Waals surface area contributed by atoms with Crippen molar-refractivity contribution in [2.24, 2.45) is 5.92 Å². The number of aryl methyl sites for hydroxylation is 1. The molecule has 1 saturated carbocycles. The zero-order chi connectivity index (χ0) is 11.8. The lowest BCUT2D eigenvalue weighted by atomic mass is 10.0. The van der Waals surface area contributed by atoms with Crippen molar-refractivity contribution in [3.05, 3.63) is 35.4 Å². The summed E-state index contributed by atoms with van der Waals surface area (Å²) < 4.78 is 0. The first-order chi connectivity index (χ1) is 8.25. The molecule has 3 rings (SSSR count). The molecule has 0 N–H and O–H groups in total. The lowest BCUT2D eigenvalue weighted by molar-refractivity contribution is -0.133. The Morgan fingerprint density at radius 2 is 1.88 bits per heavy atom. The molecule has 1 heterocycles. The van der Waals surface area contributed by atoms with Crippen molar-refractivity contribution in [3.63, 3.8) is 0 Å². The van der Waals surface area contributed by atoms with E-state index in [1.54, 1.807) is 0 Å². The van der Waals surface area contributed by atoms with Crippen molar-refractivity contribution in [2.45, 2.75) is 38.6 Å². The minimum absolute atomic E-state index is 0.337. The fourth-order valence-electron chi connectivity index (χ4n) is 2.73. The van der Waals surface area contributed by atoms with Crippen LogP contribution < -0.4 is 0 Å². The average Bonchev–Trinajstić information content (AvgIpc) is 3.07. The minimum Gasteiger partial charge on any atom is -0.335 e. The van der Waals surface area contributed by atoms with Gasteiger partial charge in [-0.15, -0.1) is 0 Å². The monoisotopic (exact) mass is 229 g/mol. The highest BCUT2D eigenvalue weighted by Gasteiger charge is 2.38. The Morgan fingerprint density at radius 1 is 1.18 bits per heavy atom. The van der Waals surface area contributed by atoms with Gasteiger partial charge in [0.1, 0.15) is 0 Å². The third-order valence-electron chi connectivity index (χ3n) is 3.92. The van der Waals surface area contributed by atoms with E-state index < -0.39 is 0 Å². The molecule has 90 valence electrons. The summed E-state index contributed by atoms with van der Waals surface area (Å²) in [5, 5.41) is 0. The number of likely N-dealkylation sites (tertiary alicyclic amines) is 1. The number of carbonyl (C=O) groups excluding carboxylic acids is 1. The van der Waals surface area contributed by atoms with Crippen LogP contribution in [0.1, 0.15) is 42.9 Å². The largest absolute Gasteiger partial charge is 0.335 e. The summed E-state index contributed by atoms with van der Waals surface area (Å²) in [5.74, 6) is 0.745. The zero-order valence-corrected chi connectivity index (χ0v) is 10.4.